The molecule has 0 aliphatic carbocycles. The first-order chi connectivity index (χ1) is 10.1. The zero-order chi connectivity index (χ0) is 14.8. The van der Waals surface area contributed by atoms with Gasteiger partial charge in [0.2, 0.25) is 0 Å². The molecule has 2 N–H and O–H groups in total. The zero-order valence-corrected chi connectivity index (χ0v) is 11.7. The van der Waals surface area contributed by atoms with E-state index in [9.17, 15) is 9.59 Å². The fraction of sp³-hybridized carbons (Fsp3) is 0.467. The van der Waals surface area contributed by atoms with Crippen molar-refractivity contribution in [2.45, 2.75) is 38.3 Å². The summed E-state index contributed by atoms with van der Waals surface area (Å²) >= 11 is 0. The van der Waals surface area contributed by atoms with Crippen LogP contribution in [0.5, 0.6) is 0 Å². The van der Waals surface area contributed by atoms with Gasteiger partial charge in [-0.3, -0.25) is 4.57 Å². The summed E-state index contributed by atoms with van der Waals surface area (Å²) in [7, 11) is 0. The van der Waals surface area contributed by atoms with Gasteiger partial charge in [-0.15, -0.1) is 0 Å². The summed E-state index contributed by atoms with van der Waals surface area (Å²) < 4.78 is 7.27. The van der Waals surface area contributed by atoms with Crippen LogP contribution < -0.4 is 5.69 Å². The molecule has 0 bridgehead atoms. The highest BCUT2D eigenvalue weighted by molar-refractivity contribution is 5.92. The first-order valence-electron chi connectivity index (χ1n) is 7.22. The van der Waals surface area contributed by atoms with Crippen molar-refractivity contribution in [3.05, 3.63) is 34.2 Å². The Hall–Kier alpha value is -2.08. The van der Waals surface area contributed by atoms with Gasteiger partial charge in [0.25, 0.3) is 0 Å². The minimum atomic E-state index is -0.993. The molecule has 0 radical (unpaired) electrons. The number of aromatic carboxylic acids is 1. The standard InChI is InChI=1S/C15H18N2O4/c18-14(19)10-4-5-12-13(9-10)17(15(20)16-12)7-6-11-3-1-2-8-21-11/h4-5,9,11H,1-3,6-8H2,(H,16,20)(H,18,19). The Balaban J connectivity index is 1.86. The van der Waals surface area contributed by atoms with Crippen molar-refractivity contribution in [3.63, 3.8) is 0 Å². The number of H-pyrrole nitrogens is 1. The number of carboxylic acid groups (broad SMARTS) is 1. The normalized spacial score (nSPS) is 19.0. The van der Waals surface area contributed by atoms with Gasteiger partial charge in [0.05, 0.1) is 22.7 Å². The molecule has 1 aromatic carbocycles. The molecule has 2 aromatic rings. The molecular formula is C15H18N2O4. The summed E-state index contributed by atoms with van der Waals surface area (Å²) in [5.74, 6) is -0.993. The Morgan fingerprint density at radius 3 is 3.00 bits per heavy atom. The number of nitrogens with one attached hydrogen (secondary N) is 1. The van der Waals surface area contributed by atoms with Crippen LogP contribution >= 0.6 is 0 Å². The van der Waals surface area contributed by atoms with E-state index >= 15 is 0 Å². The molecule has 2 heterocycles. The lowest BCUT2D eigenvalue weighted by molar-refractivity contribution is 0.00885. The Morgan fingerprint density at radius 2 is 2.29 bits per heavy atom. The van der Waals surface area contributed by atoms with Gasteiger partial charge in [0.15, 0.2) is 0 Å². The molecule has 0 spiro atoms. The molecule has 1 fully saturated rings. The Morgan fingerprint density at radius 1 is 1.43 bits per heavy atom. The van der Waals surface area contributed by atoms with Gasteiger partial charge in [-0.05, 0) is 43.9 Å². The average molecular weight is 290 g/mol. The minimum absolute atomic E-state index is 0.184. The molecule has 0 saturated carbocycles. The van der Waals surface area contributed by atoms with Crippen LogP contribution in [0.3, 0.4) is 0 Å². The fourth-order valence-corrected chi connectivity index (χ4v) is 2.82. The molecule has 6 nitrogen and oxygen atoms in total. The van der Waals surface area contributed by atoms with Gasteiger partial charge in [-0.25, -0.2) is 9.59 Å². The fourth-order valence-electron chi connectivity index (χ4n) is 2.82. The van der Waals surface area contributed by atoms with Crippen molar-refractivity contribution >= 4 is 17.0 Å². The molecule has 1 aliphatic rings. The maximum Gasteiger partial charge on any atom is 0.335 e. The molecule has 1 atom stereocenters. The second kappa shape index (κ2) is 5.73. The van der Waals surface area contributed by atoms with Crippen LogP contribution in [-0.4, -0.2) is 33.3 Å². The molecular weight excluding hydrogens is 272 g/mol. The number of ether oxygens (including phenoxy) is 1. The van der Waals surface area contributed by atoms with Crippen molar-refractivity contribution in [2.75, 3.05) is 6.61 Å². The van der Waals surface area contributed by atoms with Crippen molar-refractivity contribution < 1.29 is 14.6 Å². The van der Waals surface area contributed by atoms with Gasteiger partial charge in [-0.1, -0.05) is 0 Å². The van der Waals surface area contributed by atoms with E-state index in [1.54, 1.807) is 10.6 Å². The zero-order valence-electron chi connectivity index (χ0n) is 11.7. The topological polar surface area (TPSA) is 84.3 Å². The van der Waals surface area contributed by atoms with Gasteiger partial charge in [0.1, 0.15) is 0 Å². The molecule has 21 heavy (non-hydrogen) atoms. The van der Waals surface area contributed by atoms with E-state index in [2.05, 4.69) is 4.98 Å². The number of nitrogens with zero attached hydrogens (tertiary/aromatic N) is 1. The van der Waals surface area contributed by atoms with E-state index in [0.717, 1.165) is 32.3 Å². The SMILES string of the molecule is O=C(O)c1ccc2[nH]c(=O)n(CCC3CCCCO3)c2c1. The Bertz CT molecular complexity index is 710. The van der Waals surface area contributed by atoms with E-state index in [1.165, 1.54) is 12.1 Å². The summed E-state index contributed by atoms with van der Waals surface area (Å²) in [4.78, 5) is 25.8. The van der Waals surface area contributed by atoms with Gasteiger partial charge >= 0.3 is 11.7 Å². The third-order valence-electron chi connectivity index (χ3n) is 3.97. The predicted octanol–water partition coefficient (Wildman–Crippen LogP) is 1.99. The highest BCUT2D eigenvalue weighted by Crippen LogP contribution is 2.18. The van der Waals surface area contributed by atoms with Crippen molar-refractivity contribution in [3.8, 4) is 0 Å². The number of benzene rings is 1. The summed E-state index contributed by atoms with van der Waals surface area (Å²) in [5, 5.41) is 9.06. The number of rotatable bonds is 4. The lowest BCUT2D eigenvalue weighted by atomic mass is 10.1. The number of aryl methyl sites for hydroxylation is 1. The van der Waals surface area contributed by atoms with Gasteiger partial charge in [-0.2, -0.15) is 0 Å². The number of hydrogen-bond acceptors (Lipinski definition) is 3. The van der Waals surface area contributed by atoms with Crippen molar-refractivity contribution in [1.82, 2.24) is 9.55 Å². The van der Waals surface area contributed by atoms with Crippen LogP contribution in [0, 0.1) is 0 Å². The second-order valence-corrected chi connectivity index (χ2v) is 5.40. The molecule has 1 aromatic heterocycles. The smallest absolute Gasteiger partial charge is 0.335 e. The number of aromatic nitrogens is 2. The number of aromatic amines is 1. The van der Waals surface area contributed by atoms with Crippen LogP contribution in [-0.2, 0) is 11.3 Å². The third-order valence-corrected chi connectivity index (χ3v) is 3.97. The van der Waals surface area contributed by atoms with Crippen LogP contribution in [0.25, 0.3) is 11.0 Å². The molecule has 1 unspecified atom stereocenters. The van der Waals surface area contributed by atoms with Crippen molar-refractivity contribution in [1.29, 1.82) is 0 Å². The van der Waals surface area contributed by atoms with Crippen LogP contribution in [0.15, 0.2) is 23.0 Å². The number of carbonyl (C=O) groups is 1. The maximum absolute atomic E-state index is 12.0. The van der Waals surface area contributed by atoms with Crippen LogP contribution in [0.4, 0.5) is 0 Å². The monoisotopic (exact) mass is 290 g/mol. The highest BCUT2D eigenvalue weighted by Gasteiger charge is 2.16. The molecule has 1 aliphatic heterocycles. The molecule has 0 amide bonds. The lowest BCUT2D eigenvalue weighted by Gasteiger charge is -2.22. The van der Waals surface area contributed by atoms with Crippen LogP contribution in [0.1, 0.15) is 36.0 Å². The summed E-state index contributed by atoms with van der Waals surface area (Å²) in [6.45, 7) is 1.32. The predicted molar refractivity (Wildman–Crippen MR) is 77.7 cm³/mol. The Kier molecular flexibility index (Phi) is 3.79. The second-order valence-electron chi connectivity index (χ2n) is 5.40. The lowest BCUT2D eigenvalue weighted by Crippen LogP contribution is -2.24. The largest absolute Gasteiger partial charge is 0.478 e. The number of carboxylic acids is 1. The summed E-state index contributed by atoms with van der Waals surface area (Å²) in [6.07, 6.45) is 4.25. The molecule has 112 valence electrons. The average Bonchev–Trinajstić information content (AvgIpc) is 2.80. The number of fused-ring (bicyclic) bond motifs is 1. The first-order valence-corrected chi connectivity index (χ1v) is 7.22. The van der Waals surface area contributed by atoms with E-state index in [4.69, 9.17) is 9.84 Å². The van der Waals surface area contributed by atoms with Gasteiger partial charge in [0, 0.05) is 13.2 Å². The molecule has 6 heteroatoms. The van der Waals surface area contributed by atoms with E-state index in [-0.39, 0.29) is 17.4 Å². The number of imidazole rings is 1. The molecule has 3 rings (SSSR count). The summed E-state index contributed by atoms with van der Waals surface area (Å²) in [5.41, 5.74) is 1.28. The van der Waals surface area contributed by atoms with Crippen LogP contribution in [0.2, 0.25) is 0 Å². The quantitative estimate of drug-likeness (QED) is 0.901. The minimum Gasteiger partial charge on any atom is -0.478 e. The Labute approximate surface area is 121 Å². The maximum atomic E-state index is 12.0. The van der Waals surface area contributed by atoms with E-state index < -0.39 is 5.97 Å². The first kappa shape index (κ1) is 13.9. The number of hydrogen-bond donors (Lipinski definition) is 2. The molecule has 1 saturated heterocycles. The third kappa shape index (κ3) is 2.85. The highest BCUT2D eigenvalue weighted by atomic mass is 16.5. The van der Waals surface area contributed by atoms with E-state index in [0.29, 0.717) is 17.6 Å². The van der Waals surface area contributed by atoms with E-state index in [1.807, 2.05) is 0 Å². The summed E-state index contributed by atoms with van der Waals surface area (Å²) in [6, 6.07) is 4.67. The van der Waals surface area contributed by atoms with Gasteiger partial charge < -0.3 is 14.8 Å². The van der Waals surface area contributed by atoms with Crippen molar-refractivity contribution in [2.24, 2.45) is 0 Å².